The van der Waals surface area contributed by atoms with Crippen LogP contribution in [0, 0.1) is 6.92 Å². The van der Waals surface area contributed by atoms with E-state index in [1.807, 2.05) is 13.8 Å². The van der Waals surface area contributed by atoms with Crippen molar-refractivity contribution >= 4 is 17.1 Å². The number of thiophene rings is 1. The molecule has 1 atom stereocenters. The molecule has 1 unspecified atom stereocenters. The molecule has 1 aromatic rings. The number of aliphatic hydroxyl groups is 1. The van der Waals surface area contributed by atoms with Crippen LogP contribution in [0.25, 0.3) is 0 Å². The van der Waals surface area contributed by atoms with E-state index in [9.17, 15) is 9.90 Å². The van der Waals surface area contributed by atoms with Gasteiger partial charge in [0.05, 0.1) is 11.5 Å². The molecule has 1 saturated carbocycles. The molecule has 1 N–H and O–H groups in total. The third-order valence-electron chi connectivity index (χ3n) is 3.96. The van der Waals surface area contributed by atoms with Crippen molar-refractivity contribution in [2.24, 2.45) is 0 Å². The van der Waals surface area contributed by atoms with Gasteiger partial charge in [0, 0.05) is 11.3 Å². The predicted molar refractivity (Wildman–Crippen MR) is 75.1 cm³/mol. The summed E-state index contributed by atoms with van der Waals surface area (Å²) in [6.07, 6.45) is 5.28. The van der Waals surface area contributed by atoms with Crippen LogP contribution in [0.1, 0.15) is 61.8 Å². The molecular weight excluding hydrogens is 244 g/mol. The van der Waals surface area contributed by atoms with Gasteiger partial charge in [0.2, 0.25) is 0 Å². The molecule has 0 saturated heterocycles. The predicted octanol–water partition coefficient (Wildman–Crippen LogP) is 3.81. The fraction of sp³-hybridized carbons (Fsp3) is 0.667. The molecule has 18 heavy (non-hydrogen) atoms. The molecule has 1 aromatic heterocycles. The molecule has 2 nitrogen and oxygen atoms in total. The molecule has 0 amide bonds. The Kier molecular flexibility index (Phi) is 4.23. The lowest BCUT2D eigenvalue weighted by Crippen LogP contribution is -2.41. The number of aryl methyl sites for hydroxylation is 1. The van der Waals surface area contributed by atoms with Crippen LogP contribution in [0.3, 0.4) is 0 Å². The van der Waals surface area contributed by atoms with Crippen LogP contribution in [0.15, 0.2) is 11.4 Å². The Hall–Kier alpha value is -0.670. The lowest BCUT2D eigenvalue weighted by atomic mass is 9.73. The van der Waals surface area contributed by atoms with Crippen LogP contribution < -0.4 is 0 Å². The number of rotatable bonds is 4. The van der Waals surface area contributed by atoms with E-state index < -0.39 is 5.60 Å². The monoisotopic (exact) mass is 266 g/mol. The first-order valence-electron chi connectivity index (χ1n) is 6.87. The van der Waals surface area contributed by atoms with Crippen molar-refractivity contribution in [2.45, 2.75) is 63.9 Å². The second-order valence-corrected chi connectivity index (χ2v) is 6.39. The summed E-state index contributed by atoms with van der Waals surface area (Å²) in [4.78, 5) is 13.3. The summed E-state index contributed by atoms with van der Waals surface area (Å²) in [5.41, 5.74) is 0.381. The van der Waals surface area contributed by atoms with Gasteiger partial charge in [-0.2, -0.15) is 0 Å². The van der Waals surface area contributed by atoms with Crippen LogP contribution in [0.4, 0.5) is 0 Å². The van der Waals surface area contributed by atoms with Gasteiger partial charge in [0.1, 0.15) is 5.78 Å². The Bertz CT molecular complexity index is 416. The number of hydrogen-bond donors (Lipinski definition) is 1. The Morgan fingerprint density at radius 2 is 2.11 bits per heavy atom. The molecule has 0 radical (unpaired) electrons. The number of carbonyl (C=O) groups excluding carboxylic acids is 1. The molecule has 1 fully saturated rings. The Balaban J connectivity index is 2.33. The first-order chi connectivity index (χ1) is 8.57. The third kappa shape index (κ3) is 2.67. The van der Waals surface area contributed by atoms with Gasteiger partial charge in [-0.25, -0.2) is 0 Å². The lowest BCUT2D eigenvalue weighted by Gasteiger charge is -2.38. The zero-order valence-electron chi connectivity index (χ0n) is 11.2. The topological polar surface area (TPSA) is 37.3 Å². The standard InChI is InChI=1S/C15H22O2S/c1-3-12(16)14(13-9-11(2)10-18-13)15(17)7-5-4-6-8-15/h9-10,14,17H,3-8H2,1-2H3. The smallest absolute Gasteiger partial charge is 0.143 e. The van der Waals surface area contributed by atoms with Gasteiger partial charge in [-0.15, -0.1) is 11.3 Å². The maximum atomic E-state index is 12.3. The molecule has 0 bridgehead atoms. The quantitative estimate of drug-likeness (QED) is 0.899. The van der Waals surface area contributed by atoms with Gasteiger partial charge in [-0.05, 0) is 36.8 Å². The highest BCUT2D eigenvalue weighted by molar-refractivity contribution is 7.10. The maximum Gasteiger partial charge on any atom is 0.143 e. The molecule has 1 aliphatic carbocycles. The van der Waals surface area contributed by atoms with Gasteiger partial charge in [-0.3, -0.25) is 4.79 Å². The van der Waals surface area contributed by atoms with E-state index in [0.29, 0.717) is 6.42 Å². The molecule has 100 valence electrons. The second-order valence-electron chi connectivity index (χ2n) is 5.44. The van der Waals surface area contributed by atoms with E-state index in [-0.39, 0.29) is 11.7 Å². The van der Waals surface area contributed by atoms with Crippen molar-refractivity contribution in [3.8, 4) is 0 Å². The lowest BCUT2D eigenvalue weighted by molar-refractivity contribution is -0.128. The average molecular weight is 266 g/mol. The molecule has 0 aromatic carbocycles. The molecule has 0 spiro atoms. The summed E-state index contributed by atoms with van der Waals surface area (Å²) in [7, 11) is 0. The third-order valence-corrected chi connectivity index (χ3v) is 5.08. The van der Waals surface area contributed by atoms with Gasteiger partial charge in [-0.1, -0.05) is 26.2 Å². The average Bonchev–Trinajstić information content (AvgIpc) is 2.76. The van der Waals surface area contributed by atoms with Crippen molar-refractivity contribution < 1.29 is 9.90 Å². The van der Waals surface area contributed by atoms with Gasteiger partial charge < -0.3 is 5.11 Å². The van der Waals surface area contributed by atoms with E-state index in [2.05, 4.69) is 11.4 Å². The van der Waals surface area contributed by atoms with Crippen LogP contribution in [-0.2, 0) is 4.79 Å². The Morgan fingerprint density at radius 3 is 2.61 bits per heavy atom. The zero-order chi connectivity index (χ0) is 13.2. The van der Waals surface area contributed by atoms with Gasteiger partial charge >= 0.3 is 0 Å². The SMILES string of the molecule is CCC(=O)C(c1cc(C)cs1)C1(O)CCCCC1. The molecular formula is C15H22O2S. The Labute approximate surface area is 113 Å². The van der Waals surface area contributed by atoms with Crippen molar-refractivity contribution in [3.05, 3.63) is 21.9 Å². The van der Waals surface area contributed by atoms with Crippen LogP contribution in [0.2, 0.25) is 0 Å². The molecule has 1 aliphatic rings. The first kappa shape index (κ1) is 13.8. The fourth-order valence-corrected chi connectivity index (χ4v) is 4.12. The Morgan fingerprint density at radius 1 is 1.44 bits per heavy atom. The van der Waals surface area contributed by atoms with Crippen molar-refractivity contribution in [2.75, 3.05) is 0 Å². The van der Waals surface area contributed by atoms with Crippen LogP contribution in [-0.4, -0.2) is 16.5 Å². The first-order valence-corrected chi connectivity index (χ1v) is 7.75. The highest BCUT2D eigenvalue weighted by atomic mass is 32.1. The van der Waals surface area contributed by atoms with Crippen LogP contribution in [0.5, 0.6) is 0 Å². The fourth-order valence-electron chi connectivity index (χ4n) is 2.98. The summed E-state index contributed by atoms with van der Waals surface area (Å²) in [6, 6.07) is 2.06. The maximum absolute atomic E-state index is 12.3. The van der Waals surface area contributed by atoms with E-state index in [4.69, 9.17) is 0 Å². The van der Waals surface area contributed by atoms with Gasteiger partial charge in [0.25, 0.3) is 0 Å². The van der Waals surface area contributed by atoms with Crippen LogP contribution >= 0.6 is 11.3 Å². The largest absolute Gasteiger partial charge is 0.389 e. The summed E-state index contributed by atoms with van der Waals surface area (Å²) in [6.45, 7) is 3.93. The number of hydrogen-bond acceptors (Lipinski definition) is 3. The van der Waals surface area contributed by atoms with E-state index in [1.165, 1.54) is 12.0 Å². The normalized spacial score (nSPS) is 20.6. The van der Waals surface area contributed by atoms with Gasteiger partial charge in [0.15, 0.2) is 0 Å². The minimum atomic E-state index is -0.803. The summed E-state index contributed by atoms with van der Waals surface area (Å²) >= 11 is 1.61. The van der Waals surface area contributed by atoms with Crippen molar-refractivity contribution in [1.82, 2.24) is 0 Å². The minimum absolute atomic E-state index is 0.182. The van der Waals surface area contributed by atoms with Crippen molar-refractivity contribution in [1.29, 1.82) is 0 Å². The van der Waals surface area contributed by atoms with Crippen molar-refractivity contribution in [3.63, 3.8) is 0 Å². The highest BCUT2D eigenvalue weighted by Crippen LogP contribution is 2.42. The number of carbonyl (C=O) groups is 1. The highest BCUT2D eigenvalue weighted by Gasteiger charge is 2.42. The minimum Gasteiger partial charge on any atom is -0.389 e. The molecule has 3 heteroatoms. The number of Topliss-reactive ketones (excluding diaryl/α,β-unsaturated/α-hetero) is 1. The molecule has 1 heterocycles. The summed E-state index contributed by atoms with van der Waals surface area (Å²) in [5.74, 6) is -0.122. The summed E-state index contributed by atoms with van der Waals surface area (Å²) in [5, 5.41) is 12.9. The number of ketones is 1. The van der Waals surface area contributed by atoms with E-state index >= 15 is 0 Å². The van der Waals surface area contributed by atoms with E-state index in [0.717, 1.165) is 30.6 Å². The zero-order valence-corrected chi connectivity index (χ0v) is 12.1. The molecule has 0 aliphatic heterocycles. The summed E-state index contributed by atoms with van der Waals surface area (Å²) < 4.78 is 0. The second kappa shape index (κ2) is 5.54. The molecule has 2 rings (SSSR count). The van der Waals surface area contributed by atoms with E-state index in [1.54, 1.807) is 11.3 Å².